The molecule has 0 radical (unpaired) electrons. The summed E-state index contributed by atoms with van der Waals surface area (Å²) in [7, 11) is 0. The number of alkyl halides is 6. The number of pyridine rings is 1. The molecule has 12 heteroatoms. The number of amides is 1. The Morgan fingerprint density at radius 3 is 2.39 bits per heavy atom. The van der Waals surface area contributed by atoms with Crippen LogP contribution in [0.25, 0.3) is 5.65 Å². The van der Waals surface area contributed by atoms with Gasteiger partial charge in [0.25, 0.3) is 5.91 Å². The van der Waals surface area contributed by atoms with Crippen LogP contribution >= 0.6 is 0 Å². The quantitative estimate of drug-likeness (QED) is 0.591. The highest BCUT2D eigenvalue weighted by molar-refractivity contribution is 5.95. The maximum atomic E-state index is 12.7. The fraction of sp³-hybridized carbons (Fsp3) is 0.579. The number of hydrogen-bond donors (Lipinski definition) is 2. The van der Waals surface area contributed by atoms with Crippen LogP contribution in [-0.2, 0) is 0 Å². The van der Waals surface area contributed by atoms with Crippen molar-refractivity contribution in [2.75, 3.05) is 13.2 Å². The minimum absolute atomic E-state index is 0.00739. The predicted octanol–water partition coefficient (Wildman–Crippen LogP) is 3.96. The minimum atomic E-state index is -5.44. The summed E-state index contributed by atoms with van der Waals surface area (Å²) in [6.07, 6.45) is -11.0. The smallest absolute Gasteiger partial charge is 0.400 e. The molecule has 0 bridgehead atoms. The van der Waals surface area contributed by atoms with E-state index in [0.717, 1.165) is 0 Å². The van der Waals surface area contributed by atoms with Crippen LogP contribution in [0.3, 0.4) is 0 Å². The van der Waals surface area contributed by atoms with Crippen molar-refractivity contribution < 1.29 is 41.0 Å². The third-order valence-electron chi connectivity index (χ3n) is 4.64. The number of aryl methyl sites for hydroxylation is 2. The van der Waals surface area contributed by atoms with Crippen LogP contribution < -0.4 is 10.1 Å². The molecule has 2 aromatic rings. The molecular formula is C19H23F6N3O3. The second-order valence-corrected chi connectivity index (χ2v) is 7.17. The molecule has 0 saturated carbocycles. The minimum Gasteiger partial charge on any atom is -0.490 e. The summed E-state index contributed by atoms with van der Waals surface area (Å²) in [4.78, 5) is 16.7. The Kier molecular flexibility index (Phi) is 7.45. The molecule has 2 rings (SSSR count). The molecule has 0 aromatic carbocycles. The van der Waals surface area contributed by atoms with Gasteiger partial charge >= 0.3 is 12.4 Å². The number of aliphatic hydroxyl groups excluding tert-OH is 1. The van der Waals surface area contributed by atoms with E-state index < -0.39 is 43.3 Å². The monoisotopic (exact) mass is 455 g/mol. The van der Waals surface area contributed by atoms with Crippen molar-refractivity contribution in [2.45, 2.75) is 52.1 Å². The highest BCUT2D eigenvalue weighted by Crippen LogP contribution is 2.41. The number of ether oxygens (including phenoxy) is 1. The summed E-state index contributed by atoms with van der Waals surface area (Å²) >= 11 is 0. The number of imidazole rings is 1. The number of halogens is 6. The number of hydrogen-bond acceptors (Lipinski definition) is 4. The Labute approximate surface area is 174 Å². The molecule has 1 unspecified atom stereocenters. The maximum absolute atomic E-state index is 12.7. The Balaban J connectivity index is 2.27. The molecule has 0 aliphatic carbocycles. The van der Waals surface area contributed by atoms with Gasteiger partial charge in [-0.25, -0.2) is 4.98 Å². The summed E-state index contributed by atoms with van der Waals surface area (Å²) in [5, 5.41) is 12.2. The van der Waals surface area contributed by atoms with Crippen LogP contribution in [0.2, 0.25) is 0 Å². The summed E-state index contributed by atoms with van der Waals surface area (Å²) < 4.78 is 82.8. The number of aliphatic hydroxyl groups is 1. The van der Waals surface area contributed by atoms with E-state index in [4.69, 9.17) is 4.74 Å². The van der Waals surface area contributed by atoms with Crippen LogP contribution in [0.4, 0.5) is 26.3 Å². The Morgan fingerprint density at radius 1 is 1.23 bits per heavy atom. The fourth-order valence-electron chi connectivity index (χ4n) is 2.98. The number of rotatable bonds is 8. The first kappa shape index (κ1) is 24.8. The average molecular weight is 455 g/mol. The molecule has 2 heterocycles. The number of carbonyl (C=O) groups excluding carboxylic acids is 1. The van der Waals surface area contributed by atoms with Crippen LogP contribution in [0.5, 0.6) is 5.75 Å². The molecule has 0 spiro atoms. The van der Waals surface area contributed by atoms with E-state index in [1.54, 1.807) is 20.0 Å². The lowest BCUT2D eigenvalue weighted by molar-refractivity contribution is -0.286. The molecule has 0 saturated heterocycles. The number of aromatic nitrogens is 2. The topological polar surface area (TPSA) is 75.9 Å². The molecule has 0 aliphatic rings. The molecule has 0 aliphatic heterocycles. The SMILES string of the molecule is CCC(O)CNC(=O)c1c(C)nc2c(OCCC(C(F)(F)F)C(F)(F)F)cc(C)cn12. The molecule has 1 amide bonds. The van der Waals surface area contributed by atoms with E-state index in [2.05, 4.69) is 10.3 Å². The van der Waals surface area contributed by atoms with Crippen molar-refractivity contribution >= 4 is 11.6 Å². The van der Waals surface area contributed by atoms with Gasteiger partial charge in [0.15, 0.2) is 17.3 Å². The molecule has 6 nitrogen and oxygen atoms in total. The highest BCUT2D eigenvalue weighted by Gasteiger charge is 2.56. The number of fused-ring (bicyclic) bond motifs is 1. The zero-order valence-electron chi connectivity index (χ0n) is 17.1. The normalized spacial score (nSPS) is 13.6. The van der Waals surface area contributed by atoms with Gasteiger partial charge in [0.2, 0.25) is 0 Å². The van der Waals surface area contributed by atoms with Gasteiger partial charge in [-0.15, -0.1) is 0 Å². The second kappa shape index (κ2) is 9.33. The van der Waals surface area contributed by atoms with Gasteiger partial charge in [-0.3, -0.25) is 9.20 Å². The molecule has 174 valence electrons. The summed E-state index contributed by atoms with van der Waals surface area (Å²) in [6.45, 7) is 4.05. The van der Waals surface area contributed by atoms with E-state index >= 15 is 0 Å². The van der Waals surface area contributed by atoms with Gasteiger partial charge in [-0.1, -0.05) is 6.92 Å². The Morgan fingerprint density at radius 2 is 1.84 bits per heavy atom. The van der Waals surface area contributed by atoms with Crippen molar-refractivity contribution in [1.82, 2.24) is 14.7 Å². The largest absolute Gasteiger partial charge is 0.490 e. The van der Waals surface area contributed by atoms with Crippen LogP contribution in [0, 0.1) is 19.8 Å². The van der Waals surface area contributed by atoms with E-state index in [1.165, 1.54) is 17.4 Å². The lowest BCUT2D eigenvalue weighted by Gasteiger charge is -2.22. The summed E-state index contributed by atoms with van der Waals surface area (Å²) in [6, 6.07) is 1.42. The highest BCUT2D eigenvalue weighted by atomic mass is 19.4. The average Bonchev–Trinajstić information content (AvgIpc) is 2.96. The van der Waals surface area contributed by atoms with Crippen molar-refractivity contribution in [3.05, 3.63) is 29.2 Å². The first-order chi connectivity index (χ1) is 14.3. The van der Waals surface area contributed by atoms with E-state index in [1.807, 2.05) is 0 Å². The zero-order valence-corrected chi connectivity index (χ0v) is 17.1. The fourth-order valence-corrected chi connectivity index (χ4v) is 2.98. The van der Waals surface area contributed by atoms with E-state index in [9.17, 15) is 36.2 Å². The van der Waals surface area contributed by atoms with Crippen molar-refractivity contribution in [3.63, 3.8) is 0 Å². The van der Waals surface area contributed by atoms with Gasteiger partial charge in [-0.2, -0.15) is 26.3 Å². The molecule has 2 aromatic heterocycles. The Bertz CT molecular complexity index is 909. The maximum Gasteiger partial charge on any atom is 0.400 e. The summed E-state index contributed by atoms with van der Waals surface area (Å²) in [5.41, 5.74) is 1.03. The van der Waals surface area contributed by atoms with Crippen LogP contribution in [-0.4, -0.2) is 52.0 Å². The first-order valence-corrected chi connectivity index (χ1v) is 9.47. The predicted molar refractivity (Wildman–Crippen MR) is 99.0 cm³/mol. The number of carbonyl (C=O) groups is 1. The molecule has 1 atom stereocenters. The van der Waals surface area contributed by atoms with Crippen molar-refractivity contribution in [3.8, 4) is 5.75 Å². The van der Waals surface area contributed by atoms with Gasteiger partial charge < -0.3 is 15.2 Å². The Hall–Kier alpha value is -2.50. The standard InChI is InChI=1S/C19H23F6N3O3/c1-4-12(29)8-26-17(30)15-11(3)27-16-13(7-10(2)9-28(15)16)31-6-5-14(18(20,21)22)19(23,24)25/h7,9,12,14,29H,4-6,8H2,1-3H3,(H,26,30). The van der Waals surface area contributed by atoms with E-state index in [0.29, 0.717) is 12.0 Å². The lowest BCUT2D eigenvalue weighted by Crippen LogP contribution is -2.37. The second-order valence-electron chi connectivity index (χ2n) is 7.17. The molecule has 2 N–H and O–H groups in total. The van der Waals surface area contributed by atoms with Gasteiger partial charge in [-0.05, 0) is 31.9 Å². The van der Waals surface area contributed by atoms with E-state index in [-0.39, 0.29) is 29.3 Å². The van der Waals surface area contributed by atoms with Crippen molar-refractivity contribution in [1.29, 1.82) is 0 Å². The van der Waals surface area contributed by atoms with Crippen molar-refractivity contribution in [2.24, 2.45) is 5.92 Å². The van der Waals surface area contributed by atoms with Gasteiger partial charge in [0.05, 0.1) is 18.4 Å². The molecular weight excluding hydrogens is 432 g/mol. The van der Waals surface area contributed by atoms with Gasteiger partial charge in [0, 0.05) is 19.2 Å². The zero-order chi connectivity index (χ0) is 23.6. The first-order valence-electron chi connectivity index (χ1n) is 9.47. The third kappa shape index (κ3) is 6.02. The van der Waals surface area contributed by atoms with Gasteiger partial charge in [0.1, 0.15) is 5.69 Å². The van der Waals surface area contributed by atoms with Crippen LogP contribution in [0.1, 0.15) is 41.5 Å². The summed E-state index contributed by atoms with van der Waals surface area (Å²) in [5.74, 6) is -4.09. The number of nitrogens with zero attached hydrogens (tertiary/aromatic N) is 2. The van der Waals surface area contributed by atoms with Crippen LogP contribution in [0.15, 0.2) is 12.3 Å². The number of nitrogens with one attached hydrogen (secondary N) is 1. The molecule has 31 heavy (non-hydrogen) atoms. The lowest BCUT2D eigenvalue weighted by atomic mass is 10.1. The molecule has 0 fully saturated rings. The third-order valence-corrected chi connectivity index (χ3v) is 4.64.